The largest absolute Gasteiger partial charge is 0.296 e. The smallest absolute Gasteiger partial charge is 0.243 e. The van der Waals surface area contributed by atoms with Crippen molar-refractivity contribution in [1.29, 1.82) is 0 Å². The molecule has 3 aromatic rings. The normalized spacial score (nSPS) is 16.2. The van der Waals surface area contributed by atoms with Crippen molar-refractivity contribution in [1.82, 2.24) is 19.0 Å². The Morgan fingerprint density at radius 1 is 0.933 bits per heavy atom. The second kappa shape index (κ2) is 8.71. The Hall–Kier alpha value is -2.48. The van der Waals surface area contributed by atoms with Gasteiger partial charge in [-0.3, -0.25) is 4.90 Å². The van der Waals surface area contributed by atoms with Crippen LogP contribution in [0.25, 0.3) is 5.69 Å². The van der Waals surface area contributed by atoms with Crippen LogP contribution < -0.4 is 0 Å². The van der Waals surface area contributed by atoms with Gasteiger partial charge in [-0.25, -0.2) is 13.1 Å². The fraction of sp³-hybridized carbons (Fsp3) is 0.348. The quantitative estimate of drug-likeness (QED) is 0.608. The van der Waals surface area contributed by atoms with Gasteiger partial charge in [0.15, 0.2) is 0 Å². The van der Waals surface area contributed by atoms with Gasteiger partial charge >= 0.3 is 0 Å². The Morgan fingerprint density at radius 3 is 2.23 bits per heavy atom. The maximum Gasteiger partial charge on any atom is 0.243 e. The van der Waals surface area contributed by atoms with E-state index in [0.717, 1.165) is 23.4 Å². The van der Waals surface area contributed by atoms with Crippen molar-refractivity contribution in [2.75, 3.05) is 26.2 Å². The molecule has 30 heavy (non-hydrogen) atoms. The van der Waals surface area contributed by atoms with Crippen LogP contribution >= 0.6 is 0 Å². The predicted octanol–water partition coefficient (Wildman–Crippen LogP) is 3.50. The zero-order chi connectivity index (χ0) is 21.1. The lowest BCUT2D eigenvalue weighted by Gasteiger charge is -2.33. The van der Waals surface area contributed by atoms with Gasteiger partial charge in [0.1, 0.15) is 0 Å². The average molecular weight is 425 g/mol. The van der Waals surface area contributed by atoms with Crippen molar-refractivity contribution in [2.24, 2.45) is 0 Å². The van der Waals surface area contributed by atoms with Gasteiger partial charge in [-0.05, 0) is 35.7 Å². The summed E-state index contributed by atoms with van der Waals surface area (Å²) >= 11 is 0. The second-order valence-corrected chi connectivity index (χ2v) is 9.97. The summed E-state index contributed by atoms with van der Waals surface area (Å²) in [6.07, 6.45) is 3.92. The number of aromatic nitrogens is 2. The summed E-state index contributed by atoms with van der Waals surface area (Å²) in [5.41, 5.74) is 3.30. The number of nitrogens with zero attached hydrogens (tertiary/aromatic N) is 4. The topological polar surface area (TPSA) is 58.4 Å². The maximum atomic E-state index is 13.0. The van der Waals surface area contributed by atoms with Gasteiger partial charge in [-0.1, -0.05) is 44.2 Å². The Bertz CT molecular complexity index is 1070. The standard InChI is InChI=1S/C23H28N4O2S/c1-19(2)21-8-10-23(11-9-21)30(28,29)26-14-12-25(13-15-26)17-20-16-24-27(18-20)22-6-4-3-5-7-22/h3-11,16,18-19H,12-15,17H2,1-2H3. The van der Waals surface area contributed by atoms with Gasteiger partial charge in [-0.2, -0.15) is 9.40 Å². The van der Waals surface area contributed by atoms with E-state index in [4.69, 9.17) is 0 Å². The molecule has 6 nitrogen and oxygen atoms in total. The number of rotatable bonds is 6. The molecule has 2 heterocycles. The molecule has 7 heteroatoms. The number of para-hydroxylation sites is 1. The molecule has 4 rings (SSSR count). The molecular weight excluding hydrogens is 396 g/mol. The molecule has 0 unspecified atom stereocenters. The minimum absolute atomic E-state index is 0.379. The van der Waals surface area contributed by atoms with E-state index in [2.05, 4.69) is 23.8 Å². The van der Waals surface area contributed by atoms with E-state index in [1.165, 1.54) is 0 Å². The molecule has 0 radical (unpaired) electrons. The highest BCUT2D eigenvalue weighted by molar-refractivity contribution is 7.89. The summed E-state index contributed by atoms with van der Waals surface area (Å²) in [5, 5.41) is 4.45. The van der Waals surface area contributed by atoms with E-state index in [-0.39, 0.29) is 0 Å². The van der Waals surface area contributed by atoms with Crippen LogP contribution in [0.5, 0.6) is 0 Å². The predicted molar refractivity (Wildman–Crippen MR) is 118 cm³/mol. The first-order valence-corrected chi connectivity index (χ1v) is 11.8. The second-order valence-electron chi connectivity index (χ2n) is 8.03. The van der Waals surface area contributed by atoms with Gasteiger partial charge in [0.2, 0.25) is 10.0 Å². The molecule has 0 saturated carbocycles. The highest BCUT2D eigenvalue weighted by Crippen LogP contribution is 2.22. The highest BCUT2D eigenvalue weighted by atomic mass is 32.2. The summed E-state index contributed by atoms with van der Waals surface area (Å²) in [5.74, 6) is 0.386. The van der Waals surface area contributed by atoms with Crippen LogP contribution in [0.3, 0.4) is 0 Å². The van der Waals surface area contributed by atoms with Gasteiger partial charge in [0, 0.05) is 44.5 Å². The number of hydrogen-bond donors (Lipinski definition) is 0. The number of sulfonamides is 1. The van der Waals surface area contributed by atoms with E-state index >= 15 is 0 Å². The Balaban J connectivity index is 1.36. The van der Waals surface area contributed by atoms with Crippen LogP contribution in [0.1, 0.15) is 30.9 Å². The first-order valence-electron chi connectivity index (χ1n) is 10.3. The number of hydrogen-bond acceptors (Lipinski definition) is 4. The fourth-order valence-corrected chi connectivity index (χ4v) is 5.15. The van der Waals surface area contributed by atoms with Crippen LogP contribution in [0, 0.1) is 0 Å². The monoisotopic (exact) mass is 424 g/mol. The van der Waals surface area contributed by atoms with Gasteiger partial charge in [0.25, 0.3) is 0 Å². The summed E-state index contributed by atoms with van der Waals surface area (Å²) < 4.78 is 29.4. The summed E-state index contributed by atoms with van der Waals surface area (Å²) in [7, 11) is -3.44. The van der Waals surface area contributed by atoms with Crippen molar-refractivity contribution in [3.8, 4) is 5.69 Å². The zero-order valence-electron chi connectivity index (χ0n) is 17.5. The third-order valence-corrected chi connectivity index (χ3v) is 7.49. The van der Waals surface area contributed by atoms with Crippen LogP contribution in [0.4, 0.5) is 0 Å². The molecule has 0 atom stereocenters. The van der Waals surface area contributed by atoms with E-state index in [1.807, 2.05) is 59.5 Å². The van der Waals surface area contributed by atoms with Crippen molar-refractivity contribution in [3.05, 3.63) is 78.1 Å². The van der Waals surface area contributed by atoms with Crippen molar-refractivity contribution in [2.45, 2.75) is 31.2 Å². The average Bonchev–Trinajstić information content (AvgIpc) is 3.23. The van der Waals surface area contributed by atoms with Crippen LogP contribution in [0.2, 0.25) is 0 Å². The molecule has 0 aliphatic carbocycles. The molecule has 158 valence electrons. The molecule has 0 bridgehead atoms. The van der Waals surface area contributed by atoms with Crippen LogP contribution in [0.15, 0.2) is 71.9 Å². The lowest BCUT2D eigenvalue weighted by atomic mass is 10.0. The maximum absolute atomic E-state index is 13.0. The van der Waals surface area contributed by atoms with Crippen LogP contribution in [-0.4, -0.2) is 53.6 Å². The molecule has 1 aliphatic rings. The van der Waals surface area contributed by atoms with Crippen molar-refractivity contribution in [3.63, 3.8) is 0 Å². The lowest BCUT2D eigenvalue weighted by Crippen LogP contribution is -2.48. The first kappa shape index (κ1) is 20.8. The Labute approximate surface area is 178 Å². The number of benzene rings is 2. The van der Waals surface area contributed by atoms with Crippen molar-refractivity contribution >= 4 is 10.0 Å². The van der Waals surface area contributed by atoms with E-state index in [9.17, 15) is 8.42 Å². The Morgan fingerprint density at radius 2 is 1.60 bits per heavy atom. The number of piperazine rings is 1. The summed E-state index contributed by atoms with van der Waals surface area (Å²) in [4.78, 5) is 2.66. The minimum Gasteiger partial charge on any atom is -0.296 e. The third-order valence-electron chi connectivity index (χ3n) is 5.58. The molecule has 1 fully saturated rings. The molecule has 0 N–H and O–H groups in total. The van der Waals surface area contributed by atoms with Gasteiger partial charge in [-0.15, -0.1) is 0 Å². The van der Waals surface area contributed by atoms with E-state index in [0.29, 0.717) is 37.0 Å². The lowest BCUT2D eigenvalue weighted by molar-refractivity contribution is 0.181. The molecule has 0 amide bonds. The minimum atomic E-state index is -3.44. The third kappa shape index (κ3) is 4.48. The molecule has 0 spiro atoms. The summed E-state index contributed by atoms with van der Waals surface area (Å²) in [6.45, 7) is 7.39. The van der Waals surface area contributed by atoms with Gasteiger partial charge < -0.3 is 0 Å². The Kier molecular flexibility index (Phi) is 6.04. The van der Waals surface area contributed by atoms with Crippen molar-refractivity contribution < 1.29 is 8.42 Å². The van der Waals surface area contributed by atoms with Crippen LogP contribution in [-0.2, 0) is 16.6 Å². The first-order chi connectivity index (χ1) is 14.4. The SMILES string of the molecule is CC(C)c1ccc(S(=O)(=O)N2CCN(Cc3cnn(-c4ccccc4)c3)CC2)cc1. The highest BCUT2D eigenvalue weighted by Gasteiger charge is 2.28. The fourth-order valence-electron chi connectivity index (χ4n) is 3.72. The molecule has 1 aliphatic heterocycles. The molecule has 2 aromatic carbocycles. The van der Waals surface area contributed by atoms with Gasteiger partial charge in [0.05, 0.1) is 16.8 Å². The summed E-state index contributed by atoms with van der Waals surface area (Å²) in [6, 6.07) is 17.3. The van der Waals surface area contributed by atoms with E-state index in [1.54, 1.807) is 16.4 Å². The zero-order valence-corrected chi connectivity index (χ0v) is 18.3. The van der Waals surface area contributed by atoms with E-state index < -0.39 is 10.0 Å². The molecule has 1 saturated heterocycles. The molecule has 1 aromatic heterocycles. The molecular formula is C23H28N4O2S.